The molecule has 0 spiro atoms. The highest BCUT2D eigenvalue weighted by Gasteiger charge is 2.11. The van der Waals surface area contributed by atoms with Crippen molar-refractivity contribution in [3.63, 3.8) is 0 Å². The Morgan fingerprint density at radius 2 is 2.28 bits per heavy atom. The predicted octanol–water partition coefficient (Wildman–Crippen LogP) is 0.991. The zero-order chi connectivity index (χ0) is 13.1. The van der Waals surface area contributed by atoms with Crippen molar-refractivity contribution in [2.75, 3.05) is 12.4 Å². The third-order valence-electron chi connectivity index (χ3n) is 2.28. The van der Waals surface area contributed by atoms with Crippen LogP contribution >= 0.6 is 11.3 Å². The van der Waals surface area contributed by atoms with Crippen molar-refractivity contribution < 1.29 is 14.3 Å². The van der Waals surface area contributed by atoms with E-state index in [1.54, 1.807) is 4.52 Å². The van der Waals surface area contributed by atoms with E-state index < -0.39 is 5.97 Å². The Hall–Kier alpha value is -1.96. The average molecular weight is 268 g/mol. The Bertz CT molecular complexity index is 589. The smallest absolute Gasteiger partial charge is 0.306 e. The topological polar surface area (TPSA) is 85.6 Å². The minimum atomic E-state index is -0.417. The van der Waals surface area contributed by atoms with Crippen molar-refractivity contribution in [3.8, 4) is 0 Å². The molecule has 0 atom stereocenters. The molecule has 0 aliphatic carbocycles. The van der Waals surface area contributed by atoms with E-state index >= 15 is 0 Å². The molecule has 0 fully saturated rings. The molecule has 0 aliphatic rings. The van der Waals surface area contributed by atoms with Gasteiger partial charge in [-0.25, -0.2) is 4.52 Å². The van der Waals surface area contributed by atoms with Crippen LogP contribution in [0.15, 0.2) is 5.38 Å². The second-order valence-electron chi connectivity index (χ2n) is 3.63. The lowest BCUT2D eigenvalue weighted by Gasteiger charge is -1.99. The average Bonchev–Trinajstić information content (AvgIpc) is 2.89. The number of fused-ring (bicyclic) bond motifs is 1. The van der Waals surface area contributed by atoms with Gasteiger partial charge < -0.3 is 4.74 Å². The monoisotopic (exact) mass is 268 g/mol. The second kappa shape index (κ2) is 5.13. The van der Waals surface area contributed by atoms with Gasteiger partial charge in [-0.2, -0.15) is 4.98 Å². The van der Waals surface area contributed by atoms with Gasteiger partial charge in [0.05, 0.1) is 19.2 Å². The Kier molecular flexibility index (Phi) is 3.56. The quantitative estimate of drug-likeness (QED) is 0.836. The van der Waals surface area contributed by atoms with E-state index in [9.17, 15) is 9.59 Å². The molecule has 0 saturated carbocycles. The van der Waals surface area contributed by atoms with Gasteiger partial charge >= 0.3 is 5.97 Å². The zero-order valence-electron chi connectivity index (χ0n) is 9.97. The highest BCUT2D eigenvalue weighted by atomic mass is 32.1. The van der Waals surface area contributed by atoms with E-state index in [4.69, 9.17) is 0 Å². The number of carbonyl (C=O) groups excluding carboxylic acids is 2. The standard InChI is InChI=1S/C10H12N4O3S/c1-6-5-18-10-12-9(13-14(6)10)11-7(15)3-4-8(16)17-2/h5H,3-4H2,1-2H3,(H,11,13,15). The van der Waals surface area contributed by atoms with Crippen LogP contribution in [0.4, 0.5) is 5.95 Å². The summed E-state index contributed by atoms with van der Waals surface area (Å²) in [6, 6.07) is 0. The number of esters is 1. The fraction of sp³-hybridized carbons (Fsp3) is 0.400. The van der Waals surface area contributed by atoms with Crippen molar-refractivity contribution in [1.82, 2.24) is 14.6 Å². The molecule has 0 unspecified atom stereocenters. The summed E-state index contributed by atoms with van der Waals surface area (Å²) in [6.45, 7) is 1.90. The first-order valence-electron chi connectivity index (χ1n) is 5.27. The number of nitrogens with one attached hydrogen (secondary N) is 1. The number of aromatic nitrogens is 3. The Labute approximate surface area is 107 Å². The van der Waals surface area contributed by atoms with Crippen LogP contribution in [0.5, 0.6) is 0 Å². The molecule has 0 aromatic carbocycles. The number of thiazole rings is 1. The third kappa shape index (κ3) is 2.65. The van der Waals surface area contributed by atoms with E-state index in [0.29, 0.717) is 0 Å². The van der Waals surface area contributed by atoms with Gasteiger partial charge in [0.15, 0.2) is 0 Å². The number of rotatable bonds is 4. The van der Waals surface area contributed by atoms with Crippen LogP contribution in [-0.4, -0.2) is 33.6 Å². The molecule has 96 valence electrons. The fourth-order valence-corrected chi connectivity index (χ4v) is 2.15. The number of hydrogen-bond donors (Lipinski definition) is 1. The predicted molar refractivity (Wildman–Crippen MR) is 65.5 cm³/mol. The molecule has 0 aliphatic heterocycles. The zero-order valence-corrected chi connectivity index (χ0v) is 10.8. The maximum Gasteiger partial charge on any atom is 0.306 e. The number of nitrogens with zero attached hydrogens (tertiary/aromatic N) is 3. The summed E-state index contributed by atoms with van der Waals surface area (Å²) in [7, 11) is 1.29. The highest BCUT2D eigenvalue weighted by molar-refractivity contribution is 7.15. The molecule has 0 bridgehead atoms. The summed E-state index contributed by atoms with van der Waals surface area (Å²) in [5.74, 6) is -0.476. The Balaban J connectivity index is 1.96. The van der Waals surface area contributed by atoms with E-state index in [2.05, 4.69) is 20.1 Å². The van der Waals surface area contributed by atoms with Crippen LogP contribution < -0.4 is 5.32 Å². The number of methoxy groups -OCH3 is 1. The summed E-state index contributed by atoms with van der Waals surface area (Å²) < 4.78 is 6.10. The number of amides is 1. The normalized spacial score (nSPS) is 10.6. The molecule has 7 nitrogen and oxygen atoms in total. The number of aryl methyl sites for hydroxylation is 1. The summed E-state index contributed by atoms with van der Waals surface area (Å²) in [5.41, 5.74) is 0.956. The van der Waals surface area contributed by atoms with Gasteiger partial charge in [0.2, 0.25) is 16.8 Å². The molecule has 2 rings (SSSR count). The van der Waals surface area contributed by atoms with Crippen molar-refractivity contribution in [1.29, 1.82) is 0 Å². The van der Waals surface area contributed by atoms with E-state index in [0.717, 1.165) is 10.7 Å². The molecule has 0 saturated heterocycles. The molecule has 8 heteroatoms. The lowest BCUT2D eigenvalue weighted by atomic mass is 10.3. The number of anilines is 1. The van der Waals surface area contributed by atoms with Crippen LogP contribution in [0.3, 0.4) is 0 Å². The first-order chi connectivity index (χ1) is 8.60. The lowest BCUT2D eigenvalue weighted by molar-refractivity contribution is -0.141. The second-order valence-corrected chi connectivity index (χ2v) is 4.47. The lowest BCUT2D eigenvalue weighted by Crippen LogP contribution is -2.14. The van der Waals surface area contributed by atoms with Crippen molar-refractivity contribution in [2.45, 2.75) is 19.8 Å². The summed E-state index contributed by atoms with van der Waals surface area (Å²) >= 11 is 1.45. The van der Waals surface area contributed by atoms with E-state index in [1.807, 2.05) is 12.3 Å². The summed E-state index contributed by atoms with van der Waals surface area (Å²) in [6.07, 6.45) is 0.0993. The van der Waals surface area contributed by atoms with Crippen LogP contribution in [0.2, 0.25) is 0 Å². The number of hydrogen-bond acceptors (Lipinski definition) is 6. The molecule has 1 amide bonds. The number of ether oxygens (including phenoxy) is 1. The Morgan fingerprint density at radius 3 is 2.94 bits per heavy atom. The molecular weight excluding hydrogens is 256 g/mol. The molecule has 1 N–H and O–H groups in total. The summed E-state index contributed by atoms with van der Waals surface area (Å²) in [5, 5.41) is 8.60. The third-order valence-corrected chi connectivity index (χ3v) is 3.22. The highest BCUT2D eigenvalue weighted by Crippen LogP contribution is 2.15. The van der Waals surface area contributed by atoms with Crippen LogP contribution in [0.25, 0.3) is 4.96 Å². The molecule has 0 radical (unpaired) electrons. The van der Waals surface area contributed by atoms with Crippen molar-refractivity contribution >= 4 is 34.1 Å². The van der Waals surface area contributed by atoms with Gasteiger partial charge in [-0.05, 0) is 6.92 Å². The fourth-order valence-electron chi connectivity index (χ4n) is 1.35. The van der Waals surface area contributed by atoms with Gasteiger partial charge in [0.25, 0.3) is 0 Å². The first-order valence-corrected chi connectivity index (χ1v) is 6.15. The molecule has 2 heterocycles. The van der Waals surface area contributed by atoms with Gasteiger partial charge in [0.1, 0.15) is 0 Å². The van der Waals surface area contributed by atoms with Crippen molar-refractivity contribution in [3.05, 3.63) is 11.1 Å². The van der Waals surface area contributed by atoms with E-state index in [1.165, 1.54) is 18.4 Å². The maximum absolute atomic E-state index is 11.5. The molecule has 18 heavy (non-hydrogen) atoms. The van der Waals surface area contributed by atoms with Gasteiger partial charge in [-0.1, -0.05) is 0 Å². The largest absolute Gasteiger partial charge is 0.469 e. The van der Waals surface area contributed by atoms with Gasteiger partial charge in [0, 0.05) is 11.8 Å². The Morgan fingerprint density at radius 1 is 1.50 bits per heavy atom. The number of carbonyl (C=O) groups is 2. The van der Waals surface area contributed by atoms with Gasteiger partial charge in [-0.3, -0.25) is 14.9 Å². The van der Waals surface area contributed by atoms with Crippen LogP contribution in [-0.2, 0) is 14.3 Å². The molecule has 2 aromatic heterocycles. The first kappa shape index (κ1) is 12.5. The van der Waals surface area contributed by atoms with Crippen LogP contribution in [0, 0.1) is 6.92 Å². The minimum Gasteiger partial charge on any atom is -0.469 e. The van der Waals surface area contributed by atoms with Crippen molar-refractivity contribution in [2.24, 2.45) is 0 Å². The molecular formula is C10H12N4O3S. The SMILES string of the molecule is COC(=O)CCC(=O)Nc1nc2scc(C)n2n1. The van der Waals surface area contributed by atoms with E-state index in [-0.39, 0.29) is 24.7 Å². The maximum atomic E-state index is 11.5. The van der Waals surface area contributed by atoms with Gasteiger partial charge in [-0.15, -0.1) is 16.4 Å². The van der Waals surface area contributed by atoms with Crippen LogP contribution in [0.1, 0.15) is 18.5 Å². The minimum absolute atomic E-state index is 0.0452. The summed E-state index contributed by atoms with van der Waals surface area (Å²) in [4.78, 5) is 27.3. The molecule has 2 aromatic rings.